The maximum atomic E-state index is 4.35. The highest BCUT2D eigenvalue weighted by Gasteiger charge is 2.16. The summed E-state index contributed by atoms with van der Waals surface area (Å²) in [7, 11) is 0. The Hall–Kier alpha value is -1.13. The van der Waals surface area contributed by atoms with Crippen LogP contribution in [0, 0.1) is 0 Å². The maximum Gasteiger partial charge on any atom is 0.122 e. The molecule has 0 unspecified atom stereocenters. The zero-order valence-corrected chi connectivity index (χ0v) is 9.95. The molecule has 0 spiro atoms. The molecule has 0 fully saturated rings. The zero-order chi connectivity index (χ0) is 11.4. The first-order valence-electron chi connectivity index (χ1n) is 5.89. The number of fused-ring (bicyclic) bond motifs is 1. The first-order chi connectivity index (χ1) is 7.79. The summed E-state index contributed by atoms with van der Waals surface area (Å²) < 4.78 is 2.23. The Morgan fingerprint density at radius 3 is 3.25 bits per heavy atom. The van der Waals surface area contributed by atoms with Crippen molar-refractivity contribution >= 4 is 0 Å². The molecule has 0 bridgehead atoms. The minimum atomic E-state index is 0.918. The van der Waals surface area contributed by atoms with Crippen LogP contribution in [0.15, 0.2) is 24.5 Å². The lowest BCUT2D eigenvalue weighted by molar-refractivity contribution is 0.233. The van der Waals surface area contributed by atoms with E-state index in [2.05, 4.69) is 39.5 Å². The SMILES string of the molecule is C=C(CNCC)CN1CCn2ccnc2C1. The van der Waals surface area contributed by atoms with Crippen LogP contribution in [0.3, 0.4) is 0 Å². The van der Waals surface area contributed by atoms with E-state index in [4.69, 9.17) is 0 Å². The van der Waals surface area contributed by atoms with Gasteiger partial charge in [-0.05, 0) is 12.1 Å². The van der Waals surface area contributed by atoms with Crippen LogP contribution in [0.4, 0.5) is 0 Å². The molecule has 0 amide bonds. The van der Waals surface area contributed by atoms with Crippen molar-refractivity contribution in [2.45, 2.75) is 20.0 Å². The lowest BCUT2D eigenvalue weighted by Gasteiger charge is -2.28. The van der Waals surface area contributed by atoms with Crippen molar-refractivity contribution in [3.05, 3.63) is 30.4 Å². The summed E-state index contributed by atoms with van der Waals surface area (Å²) in [6.07, 6.45) is 3.94. The molecule has 1 aromatic heterocycles. The highest BCUT2D eigenvalue weighted by molar-refractivity contribution is 5.03. The molecular weight excluding hydrogens is 200 g/mol. The van der Waals surface area contributed by atoms with Gasteiger partial charge in [-0.3, -0.25) is 4.90 Å². The molecule has 16 heavy (non-hydrogen) atoms. The summed E-state index contributed by atoms with van der Waals surface area (Å²) in [5.41, 5.74) is 1.25. The number of aromatic nitrogens is 2. The quantitative estimate of drug-likeness (QED) is 0.747. The predicted molar refractivity (Wildman–Crippen MR) is 65.2 cm³/mol. The molecule has 0 radical (unpaired) electrons. The molecule has 0 aromatic carbocycles. The first kappa shape index (κ1) is 11.4. The molecule has 1 N–H and O–H groups in total. The van der Waals surface area contributed by atoms with E-state index in [1.54, 1.807) is 0 Å². The molecular formula is C12H20N4. The molecule has 0 saturated heterocycles. The largest absolute Gasteiger partial charge is 0.333 e. The second-order valence-corrected chi connectivity index (χ2v) is 4.28. The Morgan fingerprint density at radius 2 is 2.44 bits per heavy atom. The van der Waals surface area contributed by atoms with Crippen molar-refractivity contribution in [2.75, 3.05) is 26.2 Å². The van der Waals surface area contributed by atoms with Crippen LogP contribution in [0.5, 0.6) is 0 Å². The normalized spacial score (nSPS) is 16.1. The monoisotopic (exact) mass is 220 g/mol. The van der Waals surface area contributed by atoms with Gasteiger partial charge in [-0.2, -0.15) is 0 Å². The molecule has 0 saturated carbocycles. The van der Waals surface area contributed by atoms with Crippen molar-refractivity contribution in [1.82, 2.24) is 19.8 Å². The Morgan fingerprint density at radius 1 is 1.56 bits per heavy atom. The summed E-state index contributed by atoms with van der Waals surface area (Å²) >= 11 is 0. The molecule has 1 aromatic rings. The zero-order valence-electron chi connectivity index (χ0n) is 9.95. The number of hydrogen-bond acceptors (Lipinski definition) is 3. The fourth-order valence-electron chi connectivity index (χ4n) is 2.03. The molecule has 0 atom stereocenters. The highest BCUT2D eigenvalue weighted by Crippen LogP contribution is 2.10. The Kier molecular flexibility index (Phi) is 3.74. The van der Waals surface area contributed by atoms with Crippen LogP contribution >= 0.6 is 0 Å². The average molecular weight is 220 g/mol. The van der Waals surface area contributed by atoms with Crippen LogP contribution in [-0.2, 0) is 13.1 Å². The van der Waals surface area contributed by atoms with Crippen LogP contribution < -0.4 is 5.32 Å². The standard InChI is InChI=1S/C12H20N4/c1-3-13-8-11(2)9-15-6-7-16-5-4-14-12(16)10-15/h4-5,13H,2-3,6-10H2,1H3. The molecule has 2 rings (SSSR count). The number of nitrogens with one attached hydrogen (secondary N) is 1. The molecule has 4 nitrogen and oxygen atoms in total. The number of hydrogen-bond donors (Lipinski definition) is 1. The smallest absolute Gasteiger partial charge is 0.122 e. The third kappa shape index (κ3) is 2.71. The van der Waals surface area contributed by atoms with Gasteiger partial charge < -0.3 is 9.88 Å². The molecule has 1 aliphatic heterocycles. The van der Waals surface area contributed by atoms with Gasteiger partial charge in [0.25, 0.3) is 0 Å². The van der Waals surface area contributed by atoms with Crippen molar-refractivity contribution in [3.8, 4) is 0 Å². The van der Waals surface area contributed by atoms with E-state index in [1.807, 2.05) is 6.20 Å². The van der Waals surface area contributed by atoms with Gasteiger partial charge in [0.15, 0.2) is 0 Å². The Labute approximate surface area is 97.0 Å². The van der Waals surface area contributed by atoms with Crippen LogP contribution in [0.25, 0.3) is 0 Å². The van der Waals surface area contributed by atoms with Gasteiger partial charge in [-0.1, -0.05) is 13.5 Å². The Bertz CT molecular complexity index is 356. The highest BCUT2D eigenvalue weighted by atomic mass is 15.2. The van der Waals surface area contributed by atoms with Crippen LogP contribution in [0.2, 0.25) is 0 Å². The summed E-state index contributed by atoms with van der Waals surface area (Å²) in [4.78, 5) is 6.76. The first-order valence-corrected chi connectivity index (χ1v) is 5.89. The van der Waals surface area contributed by atoms with Gasteiger partial charge in [0.05, 0.1) is 6.54 Å². The van der Waals surface area contributed by atoms with E-state index in [9.17, 15) is 0 Å². The van der Waals surface area contributed by atoms with E-state index in [1.165, 1.54) is 11.4 Å². The van der Waals surface area contributed by atoms with Crippen molar-refractivity contribution < 1.29 is 0 Å². The third-order valence-corrected chi connectivity index (χ3v) is 2.90. The van der Waals surface area contributed by atoms with Gasteiger partial charge in [0.2, 0.25) is 0 Å². The summed E-state index contributed by atoms with van der Waals surface area (Å²) in [6, 6.07) is 0. The number of likely N-dealkylation sites (N-methyl/N-ethyl adjacent to an activating group) is 1. The number of imidazole rings is 1. The lowest BCUT2D eigenvalue weighted by Crippen LogP contribution is -2.36. The molecule has 88 valence electrons. The van der Waals surface area contributed by atoms with Gasteiger partial charge in [-0.15, -0.1) is 0 Å². The second-order valence-electron chi connectivity index (χ2n) is 4.28. The molecule has 2 heterocycles. The fraction of sp³-hybridized carbons (Fsp3) is 0.583. The summed E-state index contributed by atoms with van der Waals surface area (Å²) in [5, 5.41) is 3.30. The topological polar surface area (TPSA) is 33.1 Å². The van der Waals surface area contributed by atoms with Gasteiger partial charge >= 0.3 is 0 Å². The average Bonchev–Trinajstić information content (AvgIpc) is 2.73. The van der Waals surface area contributed by atoms with Crippen LogP contribution in [0.1, 0.15) is 12.7 Å². The van der Waals surface area contributed by atoms with Crippen LogP contribution in [-0.4, -0.2) is 40.6 Å². The van der Waals surface area contributed by atoms with E-state index in [0.29, 0.717) is 0 Å². The number of nitrogens with zero attached hydrogens (tertiary/aromatic N) is 3. The van der Waals surface area contributed by atoms with E-state index in [0.717, 1.165) is 39.3 Å². The van der Waals surface area contributed by atoms with Crippen molar-refractivity contribution in [3.63, 3.8) is 0 Å². The minimum Gasteiger partial charge on any atom is -0.333 e. The van der Waals surface area contributed by atoms with Gasteiger partial charge in [-0.25, -0.2) is 4.98 Å². The molecule has 1 aliphatic rings. The summed E-state index contributed by atoms with van der Waals surface area (Å²) in [5.74, 6) is 1.17. The summed E-state index contributed by atoms with van der Waals surface area (Å²) in [6.45, 7) is 12.2. The molecule has 0 aliphatic carbocycles. The van der Waals surface area contributed by atoms with E-state index < -0.39 is 0 Å². The minimum absolute atomic E-state index is 0.918. The lowest BCUT2D eigenvalue weighted by atomic mass is 10.2. The van der Waals surface area contributed by atoms with E-state index >= 15 is 0 Å². The van der Waals surface area contributed by atoms with Crippen molar-refractivity contribution in [2.24, 2.45) is 0 Å². The Balaban J connectivity index is 1.82. The maximum absolute atomic E-state index is 4.35. The fourth-order valence-corrected chi connectivity index (χ4v) is 2.03. The van der Waals surface area contributed by atoms with Gasteiger partial charge in [0, 0.05) is 38.6 Å². The van der Waals surface area contributed by atoms with E-state index in [-0.39, 0.29) is 0 Å². The van der Waals surface area contributed by atoms with Gasteiger partial charge in [0.1, 0.15) is 5.82 Å². The number of rotatable bonds is 5. The predicted octanol–water partition coefficient (Wildman–Crippen LogP) is 0.864. The molecule has 4 heteroatoms. The second kappa shape index (κ2) is 5.27. The van der Waals surface area contributed by atoms with Crippen molar-refractivity contribution in [1.29, 1.82) is 0 Å². The third-order valence-electron chi connectivity index (χ3n) is 2.90.